The van der Waals surface area contributed by atoms with Crippen molar-refractivity contribution in [1.82, 2.24) is 0 Å². The number of nitrogens with two attached hydrogens (primary N) is 2. The van der Waals surface area contributed by atoms with E-state index in [1.807, 2.05) is 13.8 Å². The first-order valence-electron chi connectivity index (χ1n) is 3.67. The number of alkyl halides is 1. The zero-order valence-electron chi connectivity index (χ0n) is 6.68. The Morgan fingerprint density at radius 1 is 1.10 bits per heavy atom. The van der Waals surface area contributed by atoms with E-state index in [0.29, 0.717) is 0 Å². The zero-order valence-corrected chi connectivity index (χ0v) is 7.43. The normalized spacial score (nSPS) is 20.1. The maximum Gasteiger partial charge on any atom is 0.0365 e. The standard InChI is InChI=1S/C7H17ClN2/c1-5(9)3-7(8)4-6(2)10/h5-7H,3-4,9-10H2,1-2H3. The molecule has 3 heteroatoms. The summed E-state index contributed by atoms with van der Waals surface area (Å²) in [7, 11) is 0. The van der Waals surface area contributed by atoms with Crippen LogP contribution >= 0.6 is 11.6 Å². The molecular formula is C7H17ClN2. The van der Waals surface area contributed by atoms with Gasteiger partial charge in [0.25, 0.3) is 0 Å². The molecule has 0 fully saturated rings. The Kier molecular flexibility index (Phi) is 5.04. The molecule has 0 heterocycles. The molecule has 0 saturated carbocycles. The van der Waals surface area contributed by atoms with Crippen LogP contribution in [-0.4, -0.2) is 17.5 Å². The predicted molar refractivity (Wildman–Crippen MR) is 46.2 cm³/mol. The van der Waals surface area contributed by atoms with Crippen LogP contribution in [0, 0.1) is 0 Å². The maximum atomic E-state index is 5.91. The SMILES string of the molecule is CC(N)CC(Cl)CC(C)N. The fourth-order valence-electron chi connectivity index (χ4n) is 0.903. The highest BCUT2D eigenvalue weighted by Gasteiger charge is 2.08. The second-order valence-corrected chi connectivity index (χ2v) is 3.64. The van der Waals surface area contributed by atoms with E-state index in [-0.39, 0.29) is 17.5 Å². The predicted octanol–water partition coefficient (Wildman–Crippen LogP) is 1.07. The molecular weight excluding hydrogens is 148 g/mol. The first-order chi connectivity index (χ1) is 4.52. The molecule has 0 bridgehead atoms. The lowest BCUT2D eigenvalue weighted by molar-refractivity contribution is 0.561. The van der Waals surface area contributed by atoms with Gasteiger partial charge in [0, 0.05) is 17.5 Å². The van der Waals surface area contributed by atoms with Gasteiger partial charge in [0.1, 0.15) is 0 Å². The van der Waals surface area contributed by atoms with E-state index >= 15 is 0 Å². The topological polar surface area (TPSA) is 52.0 Å². The van der Waals surface area contributed by atoms with Crippen molar-refractivity contribution in [2.45, 2.75) is 44.1 Å². The minimum Gasteiger partial charge on any atom is -0.328 e. The van der Waals surface area contributed by atoms with Crippen molar-refractivity contribution in [3.05, 3.63) is 0 Å². The molecule has 0 aromatic heterocycles. The second-order valence-electron chi connectivity index (χ2n) is 3.02. The maximum absolute atomic E-state index is 5.91. The Morgan fingerprint density at radius 2 is 1.40 bits per heavy atom. The highest BCUT2D eigenvalue weighted by atomic mass is 35.5. The number of rotatable bonds is 4. The van der Waals surface area contributed by atoms with Gasteiger partial charge in [-0.1, -0.05) is 0 Å². The van der Waals surface area contributed by atoms with Crippen LogP contribution in [0.1, 0.15) is 26.7 Å². The molecule has 2 nitrogen and oxygen atoms in total. The summed E-state index contributed by atoms with van der Waals surface area (Å²) in [4.78, 5) is 0. The average molecular weight is 165 g/mol. The average Bonchev–Trinajstić information content (AvgIpc) is 1.58. The summed E-state index contributed by atoms with van der Waals surface area (Å²) in [6.45, 7) is 3.91. The zero-order chi connectivity index (χ0) is 8.15. The minimum absolute atomic E-state index is 0.139. The van der Waals surface area contributed by atoms with Crippen LogP contribution in [0.4, 0.5) is 0 Å². The van der Waals surface area contributed by atoms with E-state index in [1.165, 1.54) is 0 Å². The summed E-state index contributed by atoms with van der Waals surface area (Å²) in [6, 6.07) is 0.363. The summed E-state index contributed by atoms with van der Waals surface area (Å²) in [5.74, 6) is 0. The Labute approximate surface area is 67.9 Å². The molecule has 0 aliphatic carbocycles. The van der Waals surface area contributed by atoms with Gasteiger partial charge in [-0.05, 0) is 26.7 Å². The molecule has 0 saturated heterocycles. The summed E-state index contributed by atoms with van der Waals surface area (Å²) in [5.41, 5.74) is 11.1. The van der Waals surface area contributed by atoms with Gasteiger partial charge < -0.3 is 11.5 Å². The highest BCUT2D eigenvalue weighted by molar-refractivity contribution is 6.20. The van der Waals surface area contributed by atoms with Crippen molar-refractivity contribution in [3.63, 3.8) is 0 Å². The van der Waals surface area contributed by atoms with Gasteiger partial charge in [-0.3, -0.25) is 0 Å². The Balaban J connectivity index is 3.34. The molecule has 2 unspecified atom stereocenters. The third kappa shape index (κ3) is 6.33. The lowest BCUT2D eigenvalue weighted by atomic mass is 10.1. The molecule has 0 aliphatic rings. The molecule has 0 spiro atoms. The third-order valence-corrected chi connectivity index (χ3v) is 1.61. The van der Waals surface area contributed by atoms with Gasteiger partial charge in [-0.25, -0.2) is 0 Å². The van der Waals surface area contributed by atoms with Crippen LogP contribution < -0.4 is 11.5 Å². The van der Waals surface area contributed by atoms with Crippen LogP contribution in [0.2, 0.25) is 0 Å². The van der Waals surface area contributed by atoms with Crippen LogP contribution in [-0.2, 0) is 0 Å². The number of hydrogen-bond donors (Lipinski definition) is 2. The Bertz CT molecular complexity index is 73.7. The van der Waals surface area contributed by atoms with Crippen LogP contribution in [0.5, 0.6) is 0 Å². The van der Waals surface area contributed by atoms with Gasteiger partial charge in [0.05, 0.1) is 0 Å². The van der Waals surface area contributed by atoms with Gasteiger partial charge >= 0.3 is 0 Å². The van der Waals surface area contributed by atoms with E-state index < -0.39 is 0 Å². The summed E-state index contributed by atoms with van der Waals surface area (Å²) in [6.07, 6.45) is 1.70. The molecule has 0 rings (SSSR count). The highest BCUT2D eigenvalue weighted by Crippen LogP contribution is 2.10. The monoisotopic (exact) mass is 164 g/mol. The van der Waals surface area contributed by atoms with Gasteiger partial charge in [0.2, 0.25) is 0 Å². The summed E-state index contributed by atoms with van der Waals surface area (Å²) >= 11 is 5.91. The first kappa shape index (κ1) is 10.2. The minimum atomic E-state index is 0.139. The van der Waals surface area contributed by atoms with Crippen molar-refractivity contribution in [2.24, 2.45) is 11.5 Å². The van der Waals surface area contributed by atoms with Crippen LogP contribution in [0.25, 0.3) is 0 Å². The Morgan fingerprint density at radius 3 is 1.60 bits per heavy atom. The number of halogens is 1. The van der Waals surface area contributed by atoms with Gasteiger partial charge in [-0.15, -0.1) is 11.6 Å². The third-order valence-electron chi connectivity index (χ3n) is 1.26. The quantitative estimate of drug-likeness (QED) is 0.611. The second kappa shape index (κ2) is 4.94. The van der Waals surface area contributed by atoms with Gasteiger partial charge in [-0.2, -0.15) is 0 Å². The molecule has 10 heavy (non-hydrogen) atoms. The molecule has 0 aromatic rings. The van der Waals surface area contributed by atoms with Crippen LogP contribution in [0.15, 0.2) is 0 Å². The lowest BCUT2D eigenvalue weighted by Crippen LogP contribution is -2.25. The molecule has 0 radical (unpaired) electrons. The van der Waals surface area contributed by atoms with E-state index in [9.17, 15) is 0 Å². The fraction of sp³-hybridized carbons (Fsp3) is 1.00. The Hall–Kier alpha value is 0.210. The van der Waals surface area contributed by atoms with E-state index in [2.05, 4.69) is 0 Å². The van der Waals surface area contributed by atoms with E-state index in [1.54, 1.807) is 0 Å². The molecule has 0 amide bonds. The lowest BCUT2D eigenvalue weighted by Gasteiger charge is -2.13. The fourth-order valence-corrected chi connectivity index (χ4v) is 1.47. The van der Waals surface area contributed by atoms with Crippen molar-refractivity contribution in [2.75, 3.05) is 0 Å². The number of hydrogen-bond acceptors (Lipinski definition) is 2. The van der Waals surface area contributed by atoms with E-state index in [0.717, 1.165) is 12.8 Å². The molecule has 0 aromatic carbocycles. The first-order valence-corrected chi connectivity index (χ1v) is 4.11. The molecule has 2 atom stereocenters. The molecule has 0 aliphatic heterocycles. The summed E-state index contributed by atoms with van der Waals surface area (Å²) in [5, 5.41) is 0.139. The van der Waals surface area contributed by atoms with Crippen molar-refractivity contribution < 1.29 is 0 Å². The van der Waals surface area contributed by atoms with Crippen molar-refractivity contribution in [1.29, 1.82) is 0 Å². The molecule has 4 N–H and O–H groups in total. The largest absolute Gasteiger partial charge is 0.328 e. The van der Waals surface area contributed by atoms with Crippen molar-refractivity contribution >= 4 is 11.6 Å². The van der Waals surface area contributed by atoms with Gasteiger partial charge in [0.15, 0.2) is 0 Å². The van der Waals surface area contributed by atoms with E-state index in [4.69, 9.17) is 23.1 Å². The summed E-state index contributed by atoms with van der Waals surface area (Å²) < 4.78 is 0. The molecule has 62 valence electrons. The smallest absolute Gasteiger partial charge is 0.0365 e. The van der Waals surface area contributed by atoms with Crippen molar-refractivity contribution in [3.8, 4) is 0 Å². The van der Waals surface area contributed by atoms with Crippen LogP contribution in [0.3, 0.4) is 0 Å².